The van der Waals surface area contributed by atoms with Crippen molar-refractivity contribution in [2.45, 2.75) is 29.6 Å². The van der Waals surface area contributed by atoms with E-state index in [2.05, 4.69) is 15.3 Å². The van der Waals surface area contributed by atoms with Gasteiger partial charge in [0.1, 0.15) is 11.6 Å². The molecule has 4 rings (SSSR count). The number of methoxy groups -OCH3 is 1. The van der Waals surface area contributed by atoms with Crippen LogP contribution in [0.5, 0.6) is 5.75 Å². The second kappa shape index (κ2) is 9.80. The highest BCUT2D eigenvalue weighted by atomic mass is 32.2. The first-order valence-corrected chi connectivity index (χ1v) is 12.1. The zero-order valence-corrected chi connectivity index (χ0v) is 19.4. The quantitative estimate of drug-likeness (QED) is 0.526. The average Bonchev–Trinajstić information content (AvgIpc) is 2.85. The maximum atomic E-state index is 13.1. The van der Waals surface area contributed by atoms with Crippen molar-refractivity contribution >= 4 is 15.8 Å². The molecule has 2 atom stereocenters. The minimum absolute atomic E-state index is 0.0808. The van der Waals surface area contributed by atoms with Crippen molar-refractivity contribution < 1.29 is 31.4 Å². The van der Waals surface area contributed by atoms with Gasteiger partial charge in [0.2, 0.25) is 10.0 Å². The standard InChI is InChI=1S/C23H23F3N4O4S/c1-34-21-13-27-10-8-18(21)15-2-5-17(6-3-15)35(32,33)30-11-9-19(20(31)14-30)29-22-7-4-16(12-28-22)23(24,25)26/h2-8,10,12-13,19-20,31H,9,11,14H2,1H3,(H,28,29)/t19-,20+/m1/s1. The van der Waals surface area contributed by atoms with E-state index >= 15 is 0 Å². The summed E-state index contributed by atoms with van der Waals surface area (Å²) in [5.41, 5.74) is 0.652. The Kier molecular flexibility index (Phi) is 6.97. The number of aliphatic hydroxyl groups is 1. The monoisotopic (exact) mass is 508 g/mol. The van der Waals surface area contributed by atoms with Crippen LogP contribution < -0.4 is 10.1 Å². The Hall–Kier alpha value is -3.22. The van der Waals surface area contributed by atoms with Crippen molar-refractivity contribution in [1.82, 2.24) is 14.3 Å². The number of halogens is 3. The number of rotatable bonds is 6. The Morgan fingerprint density at radius 1 is 1.11 bits per heavy atom. The van der Waals surface area contributed by atoms with E-state index in [1.807, 2.05) is 0 Å². The van der Waals surface area contributed by atoms with E-state index in [9.17, 15) is 26.7 Å². The number of hydrogen-bond acceptors (Lipinski definition) is 7. The van der Waals surface area contributed by atoms with Crippen molar-refractivity contribution in [1.29, 1.82) is 0 Å². The molecule has 2 N–H and O–H groups in total. The van der Waals surface area contributed by atoms with Crippen LogP contribution in [0.4, 0.5) is 19.0 Å². The van der Waals surface area contributed by atoms with Gasteiger partial charge < -0.3 is 15.2 Å². The van der Waals surface area contributed by atoms with E-state index in [4.69, 9.17) is 4.74 Å². The predicted molar refractivity (Wildman–Crippen MR) is 122 cm³/mol. The molecule has 2 aromatic heterocycles. The average molecular weight is 509 g/mol. The molecule has 1 aromatic carbocycles. The highest BCUT2D eigenvalue weighted by Crippen LogP contribution is 2.31. The third-order valence-electron chi connectivity index (χ3n) is 5.78. The zero-order chi connectivity index (χ0) is 25.2. The van der Waals surface area contributed by atoms with Gasteiger partial charge in [-0.1, -0.05) is 12.1 Å². The number of β-amino-alcohol motifs (C(OH)–C–C–N with tert-alkyl or cyclic N) is 1. The SMILES string of the molecule is COc1cnccc1-c1ccc(S(=O)(=O)N2CC[C@@H](Nc3ccc(C(F)(F)F)cn3)[C@@H](O)C2)cc1. The molecular formula is C23H23F3N4O4S. The van der Waals surface area contributed by atoms with Gasteiger partial charge in [-0.2, -0.15) is 17.5 Å². The number of alkyl halides is 3. The van der Waals surface area contributed by atoms with Gasteiger partial charge in [0.15, 0.2) is 0 Å². The van der Waals surface area contributed by atoms with Crippen LogP contribution in [0.1, 0.15) is 12.0 Å². The molecule has 0 aliphatic carbocycles. The van der Waals surface area contributed by atoms with Crippen molar-refractivity contribution in [2.24, 2.45) is 0 Å². The van der Waals surface area contributed by atoms with E-state index < -0.39 is 33.9 Å². The van der Waals surface area contributed by atoms with Crippen molar-refractivity contribution in [3.05, 3.63) is 66.6 Å². The fraction of sp³-hybridized carbons (Fsp3) is 0.304. The van der Waals surface area contributed by atoms with Crippen molar-refractivity contribution in [3.8, 4) is 16.9 Å². The van der Waals surface area contributed by atoms with Crippen LogP contribution in [-0.2, 0) is 16.2 Å². The lowest BCUT2D eigenvalue weighted by atomic mass is 10.0. The molecule has 1 aliphatic heterocycles. The molecule has 3 aromatic rings. The smallest absolute Gasteiger partial charge is 0.417 e. The molecule has 0 bridgehead atoms. The molecule has 35 heavy (non-hydrogen) atoms. The van der Waals surface area contributed by atoms with Gasteiger partial charge in [-0.3, -0.25) is 4.98 Å². The number of sulfonamides is 1. The van der Waals surface area contributed by atoms with Crippen LogP contribution in [0.15, 0.2) is 66.0 Å². The molecule has 12 heteroatoms. The number of aliphatic hydroxyl groups excluding tert-OH is 1. The molecule has 0 spiro atoms. The molecule has 0 amide bonds. The molecule has 1 aliphatic rings. The summed E-state index contributed by atoms with van der Waals surface area (Å²) in [6.07, 6.45) is -1.44. The third kappa shape index (κ3) is 5.39. The Morgan fingerprint density at radius 2 is 1.86 bits per heavy atom. The highest BCUT2D eigenvalue weighted by molar-refractivity contribution is 7.89. The van der Waals surface area contributed by atoms with Gasteiger partial charge in [0.25, 0.3) is 0 Å². The van der Waals surface area contributed by atoms with Gasteiger partial charge >= 0.3 is 6.18 Å². The first-order chi connectivity index (χ1) is 16.6. The maximum Gasteiger partial charge on any atom is 0.417 e. The summed E-state index contributed by atoms with van der Waals surface area (Å²) in [5.74, 6) is 0.726. The number of pyridine rings is 2. The minimum Gasteiger partial charge on any atom is -0.494 e. The van der Waals surface area contributed by atoms with Gasteiger partial charge in [0, 0.05) is 31.0 Å². The number of benzene rings is 1. The van der Waals surface area contributed by atoms with Crippen LogP contribution in [0.3, 0.4) is 0 Å². The van der Waals surface area contributed by atoms with Crippen LogP contribution in [0.2, 0.25) is 0 Å². The lowest BCUT2D eigenvalue weighted by molar-refractivity contribution is -0.137. The van der Waals surface area contributed by atoms with Gasteiger partial charge in [0.05, 0.1) is 35.9 Å². The number of aromatic nitrogens is 2. The van der Waals surface area contributed by atoms with Crippen LogP contribution in [0, 0.1) is 0 Å². The number of anilines is 1. The summed E-state index contributed by atoms with van der Waals surface area (Å²) in [7, 11) is -2.34. The molecule has 3 heterocycles. The zero-order valence-electron chi connectivity index (χ0n) is 18.6. The maximum absolute atomic E-state index is 13.1. The highest BCUT2D eigenvalue weighted by Gasteiger charge is 2.35. The van der Waals surface area contributed by atoms with E-state index in [-0.39, 0.29) is 30.2 Å². The molecule has 0 unspecified atom stereocenters. The Morgan fingerprint density at radius 3 is 2.46 bits per heavy atom. The second-order valence-corrected chi connectivity index (χ2v) is 9.94. The largest absolute Gasteiger partial charge is 0.494 e. The Bertz CT molecular complexity index is 1270. The van der Waals surface area contributed by atoms with Crippen LogP contribution >= 0.6 is 0 Å². The number of ether oxygens (including phenoxy) is 1. The number of hydrogen-bond donors (Lipinski definition) is 2. The minimum atomic E-state index is -4.49. The number of nitrogens with one attached hydrogen (secondary N) is 1. The van der Waals surface area contributed by atoms with Gasteiger partial charge in [-0.05, 0) is 42.3 Å². The fourth-order valence-corrected chi connectivity index (χ4v) is 5.34. The molecule has 1 fully saturated rings. The predicted octanol–water partition coefficient (Wildman–Crippen LogP) is 3.41. The van der Waals surface area contributed by atoms with E-state index in [0.717, 1.165) is 17.2 Å². The summed E-state index contributed by atoms with van der Waals surface area (Å²) in [6, 6.07) is 9.61. The molecule has 8 nitrogen and oxygen atoms in total. The van der Waals surface area contributed by atoms with Gasteiger partial charge in [-0.25, -0.2) is 13.4 Å². The summed E-state index contributed by atoms with van der Waals surface area (Å²) < 4.78 is 70.9. The summed E-state index contributed by atoms with van der Waals surface area (Å²) in [4.78, 5) is 7.84. The van der Waals surface area contributed by atoms with E-state index in [1.165, 1.54) is 29.6 Å². The van der Waals surface area contributed by atoms with E-state index in [1.54, 1.807) is 30.6 Å². The topological polar surface area (TPSA) is 105 Å². The lowest BCUT2D eigenvalue weighted by Crippen LogP contribution is -2.51. The normalized spacial score (nSPS) is 19.3. The first-order valence-electron chi connectivity index (χ1n) is 10.7. The van der Waals surface area contributed by atoms with Crippen molar-refractivity contribution in [2.75, 3.05) is 25.5 Å². The fourth-order valence-electron chi connectivity index (χ4n) is 3.86. The summed E-state index contributed by atoms with van der Waals surface area (Å²) in [6.45, 7) is -0.0435. The molecule has 0 saturated carbocycles. The number of nitrogens with zero attached hydrogens (tertiary/aromatic N) is 3. The molecule has 0 radical (unpaired) electrons. The number of piperidine rings is 1. The van der Waals surface area contributed by atoms with Crippen LogP contribution in [-0.4, -0.2) is 60.1 Å². The molecule has 186 valence electrons. The van der Waals surface area contributed by atoms with Crippen LogP contribution in [0.25, 0.3) is 11.1 Å². The third-order valence-corrected chi connectivity index (χ3v) is 7.66. The Balaban J connectivity index is 1.43. The molecular weight excluding hydrogens is 485 g/mol. The summed E-state index contributed by atoms with van der Waals surface area (Å²) in [5, 5.41) is 13.4. The lowest BCUT2D eigenvalue weighted by Gasteiger charge is -2.35. The van der Waals surface area contributed by atoms with Gasteiger partial charge in [-0.15, -0.1) is 0 Å². The Labute approximate surface area is 200 Å². The summed E-state index contributed by atoms with van der Waals surface area (Å²) >= 11 is 0. The van der Waals surface area contributed by atoms with Crippen molar-refractivity contribution in [3.63, 3.8) is 0 Å². The second-order valence-electron chi connectivity index (χ2n) is 8.00. The molecule has 1 saturated heterocycles. The van der Waals surface area contributed by atoms with E-state index in [0.29, 0.717) is 11.9 Å². The first kappa shape index (κ1) is 24.9.